The Balaban J connectivity index is 1.48. The Hall–Kier alpha value is -5.11. The molecule has 0 aliphatic rings. The van der Waals surface area contributed by atoms with Crippen LogP contribution in [0, 0.1) is 5.92 Å². The lowest BCUT2D eigenvalue weighted by molar-refractivity contribution is -0.222. The van der Waals surface area contributed by atoms with E-state index in [9.17, 15) is 24.6 Å². The summed E-state index contributed by atoms with van der Waals surface area (Å²) in [6.07, 6.45) is 6.17. The topological polar surface area (TPSA) is 119 Å². The molecule has 0 saturated heterocycles. The number of hydrogen-bond acceptors (Lipinski definition) is 8. The van der Waals surface area contributed by atoms with Crippen molar-refractivity contribution in [2.24, 2.45) is 5.92 Å². The third-order valence-corrected chi connectivity index (χ3v) is 7.95. The van der Waals surface area contributed by atoms with Crippen molar-refractivity contribution in [1.82, 2.24) is 0 Å². The van der Waals surface area contributed by atoms with Gasteiger partial charge >= 0.3 is 5.97 Å². The number of ketones is 2. The van der Waals surface area contributed by atoms with Crippen molar-refractivity contribution in [2.75, 3.05) is 0 Å². The van der Waals surface area contributed by atoms with Crippen molar-refractivity contribution in [3.05, 3.63) is 119 Å². The van der Waals surface area contributed by atoms with Crippen LogP contribution in [0.1, 0.15) is 97.1 Å². The second kappa shape index (κ2) is 17.5. The van der Waals surface area contributed by atoms with Gasteiger partial charge in [0.2, 0.25) is 0 Å². The van der Waals surface area contributed by atoms with Gasteiger partial charge in [-0.2, -0.15) is 0 Å². The summed E-state index contributed by atoms with van der Waals surface area (Å²) in [5.41, 5.74) is 1.13. The molecule has 0 aromatic heterocycles. The first-order valence-electron chi connectivity index (χ1n) is 16.2. The Morgan fingerprint density at radius 2 is 1.15 bits per heavy atom. The van der Waals surface area contributed by atoms with Crippen molar-refractivity contribution in [1.29, 1.82) is 0 Å². The highest BCUT2D eigenvalue weighted by Gasteiger charge is 2.32. The van der Waals surface area contributed by atoms with Gasteiger partial charge in [-0.1, -0.05) is 107 Å². The van der Waals surface area contributed by atoms with Gasteiger partial charge in [0.25, 0.3) is 0 Å². The van der Waals surface area contributed by atoms with Crippen molar-refractivity contribution in [2.45, 2.75) is 71.3 Å². The lowest BCUT2D eigenvalue weighted by atomic mass is 9.92. The van der Waals surface area contributed by atoms with E-state index in [4.69, 9.17) is 14.5 Å². The zero-order valence-electron chi connectivity index (χ0n) is 26.9. The van der Waals surface area contributed by atoms with E-state index in [1.807, 2.05) is 13.0 Å². The minimum absolute atomic E-state index is 0.0522. The van der Waals surface area contributed by atoms with E-state index in [1.54, 1.807) is 60.7 Å². The SMILES string of the molecule is CCCCCCCC(Oc1ccc(C(=O)c2ccccc2)c(O)c1)C(CCC)C(=O)OOc1ccc(C(=O)c2ccccc2)c(O)c1. The number of unbranched alkanes of at least 4 members (excludes halogenated alkanes) is 4. The van der Waals surface area contributed by atoms with Crippen LogP contribution in [-0.2, 0) is 9.68 Å². The number of aromatic hydroxyl groups is 2. The third kappa shape index (κ3) is 9.69. The highest BCUT2D eigenvalue weighted by atomic mass is 17.2. The van der Waals surface area contributed by atoms with Crippen LogP contribution in [-0.4, -0.2) is 33.9 Å². The van der Waals surface area contributed by atoms with Crippen LogP contribution in [0.4, 0.5) is 0 Å². The molecule has 0 saturated carbocycles. The molecule has 0 aliphatic heterocycles. The molecule has 246 valence electrons. The van der Waals surface area contributed by atoms with Crippen molar-refractivity contribution in [3.8, 4) is 23.0 Å². The number of ether oxygens (including phenoxy) is 1. The predicted octanol–water partition coefficient (Wildman–Crippen LogP) is 8.62. The fourth-order valence-electron chi connectivity index (χ4n) is 5.41. The van der Waals surface area contributed by atoms with Crippen LogP contribution in [0.25, 0.3) is 0 Å². The molecule has 8 nitrogen and oxygen atoms in total. The lowest BCUT2D eigenvalue weighted by Crippen LogP contribution is -2.35. The Kier molecular flexibility index (Phi) is 13.0. The highest BCUT2D eigenvalue weighted by Crippen LogP contribution is 2.31. The molecule has 47 heavy (non-hydrogen) atoms. The summed E-state index contributed by atoms with van der Waals surface area (Å²) in [4.78, 5) is 49.7. The molecule has 4 rings (SSSR count). The zero-order valence-corrected chi connectivity index (χ0v) is 26.9. The van der Waals surface area contributed by atoms with Gasteiger partial charge in [0, 0.05) is 23.3 Å². The van der Waals surface area contributed by atoms with E-state index in [0.29, 0.717) is 36.1 Å². The summed E-state index contributed by atoms with van der Waals surface area (Å²) in [6, 6.07) is 25.9. The average Bonchev–Trinajstić information content (AvgIpc) is 3.09. The Bertz CT molecular complexity index is 1620. The molecule has 2 unspecified atom stereocenters. The van der Waals surface area contributed by atoms with Crippen molar-refractivity contribution in [3.63, 3.8) is 0 Å². The Morgan fingerprint density at radius 3 is 1.68 bits per heavy atom. The Labute approximate surface area is 275 Å². The summed E-state index contributed by atoms with van der Waals surface area (Å²) >= 11 is 0. The normalized spacial score (nSPS) is 12.1. The van der Waals surface area contributed by atoms with Gasteiger partial charge in [-0.3, -0.25) is 14.5 Å². The number of benzene rings is 4. The highest BCUT2D eigenvalue weighted by molar-refractivity contribution is 6.11. The quantitative estimate of drug-likeness (QED) is 0.0481. The van der Waals surface area contributed by atoms with Crippen LogP contribution in [0.15, 0.2) is 97.1 Å². The first-order chi connectivity index (χ1) is 22.8. The van der Waals surface area contributed by atoms with Gasteiger partial charge in [0.15, 0.2) is 17.3 Å². The molecule has 0 spiro atoms. The minimum Gasteiger partial charge on any atom is -0.507 e. The molecule has 8 heteroatoms. The first-order valence-corrected chi connectivity index (χ1v) is 16.2. The third-order valence-electron chi connectivity index (χ3n) is 7.95. The van der Waals surface area contributed by atoms with Crippen LogP contribution >= 0.6 is 0 Å². The number of carbonyl (C=O) groups is 3. The maximum Gasteiger partial charge on any atom is 0.362 e. The molecule has 2 atom stereocenters. The zero-order chi connectivity index (χ0) is 33.6. The Morgan fingerprint density at radius 1 is 0.617 bits per heavy atom. The van der Waals surface area contributed by atoms with E-state index in [2.05, 4.69) is 6.92 Å². The van der Waals surface area contributed by atoms with E-state index < -0.39 is 18.0 Å². The first kappa shape index (κ1) is 34.8. The maximum atomic E-state index is 13.4. The minimum atomic E-state index is -0.702. The lowest BCUT2D eigenvalue weighted by Gasteiger charge is -2.26. The summed E-state index contributed by atoms with van der Waals surface area (Å²) in [6.45, 7) is 4.10. The van der Waals surface area contributed by atoms with Gasteiger partial charge in [0.1, 0.15) is 23.4 Å². The van der Waals surface area contributed by atoms with E-state index in [1.165, 1.54) is 30.3 Å². The van der Waals surface area contributed by atoms with Gasteiger partial charge < -0.3 is 14.9 Å². The van der Waals surface area contributed by atoms with Gasteiger partial charge in [-0.25, -0.2) is 9.68 Å². The van der Waals surface area contributed by atoms with Crippen LogP contribution in [0.3, 0.4) is 0 Å². The van der Waals surface area contributed by atoms with Gasteiger partial charge in [-0.05, 0) is 43.5 Å². The summed E-state index contributed by atoms with van der Waals surface area (Å²) in [5.74, 6) is -2.15. The molecule has 0 heterocycles. The molecule has 0 radical (unpaired) electrons. The molecule has 0 amide bonds. The van der Waals surface area contributed by atoms with E-state index in [0.717, 1.165) is 32.1 Å². The van der Waals surface area contributed by atoms with Crippen LogP contribution < -0.4 is 9.62 Å². The number of phenols is 2. The molecular weight excluding hydrogens is 596 g/mol. The monoisotopic (exact) mass is 638 g/mol. The number of carbonyl (C=O) groups excluding carboxylic acids is 3. The second-order valence-electron chi connectivity index (χ2n) is 11.5. The van der Waals surface area contributed by atoms with Crippen molar-refractivity contribution < 1.29 is 39.1 Å². The van der Waals surface area contributed by atoms with E-state index >= 15 is 0 Å². The smallest absolute Gasteiger partial charge is 0.362 e. The molecular formula is C39H42O8. The molecule has 0 fully saturated rings. The molecule has 0 bridgehead atoms. The fourth-order valence-corrected chi connectivity index (χ4v) is 5.41. The summed E-state index contributed by atoms with van der Waals surface area (Å²) in [7, 11) is 0. The molecule has 2 N–H and O–H groups in total. The molecule has 4 aromatic rings. The van der Waals surface area contributed by atoms with Crippen LogP contribution in [0.5, 0.6) is 23.0 Å². The fraction of sp³-hybridized carbons (Fsp3) is 0.308. The largest absolute Gasteiger partial charge is 0.507 e. The number of rotatable bonds is 18. The predicted molar refractivity (Wildman–Crippen MR) is 179 cm³/mol. The summed E-state index contributed by atoms with van der Waals surface area (Å²) < 4.78 is 6.33. The van der Waals surface area contributed by atoms with Gasteiger partial charge in [-0.15, -0.1) is 0 Å². The second-order valence-corrected chi connectivity index (χ2v) is 11.5. The number of hydrogen-bond donors (Lipinski definition) is 2. The summed E-state index contributed by atoms with van der Waals surface area (Å²) in [5, 5.41) is 21.3. The van der Waals surface area contributed by atoms with Gasteiger partial charge in [0.05, 0.1) is 17.0 Å². The van der Waals surface area contributed by atoms with Crippen molar-refractivity contribution >= 4 is 17.5 Å². The number of phenolic OH excluding ortho intramolecular Hbond substituents is 2. The molecule has 4 aromatic carbocycles. The maximum absolute atomic E-state index is 13.4. The average molecular weight is 639 g/mol. The molecule has 0 aliphatic carbocycles. The van der Waals surface area contributed by atoms with Crippen LogP contribution in [0.2, 0.25) is 0 Å². The van der Waals surface area contributed by atoms with E-state index in [-0.39, 0.29) is 39.9 Å². The standard InChI is InChI=1S/C39H42O8/c1-3-5-6-7-14-20-36(45-29-21-23-31(34(40)25-29)37(42)27-16-10-8-11-17-27)33(15-4-2)39(44)47-46-30-22-24-32(35(41)26-30)38(43)28-18-12-9-13-19-28/h8-13,16-19,21-26,33,36,40-41H,3-7,14-15,20H2,1-2H3.